The van der Waals surface area contributed by atoms with E-state index in [1.807, 2.05) is 18.4 Å². The lowest BCUT2D eigenvalue weighted by Gasteiger charge is -2.29. The standard InChI is InChI=1S/C12H9NOS/c14-8-10-2-1-5-13-6-3-9-4-7-15-12(9)11(10)13/h1-4,6-8H,5H2. The van der Waals surface area contributed by atoms with E-state index in [4.69, 9.17) is 0 Å². The summed E-state index contributed by atoms with van der Waals surface area (Å²) >= 11 is 1.69. The number of carbonyl (C=O) groups excluding carboxylic acids is 1. The summed E-state index contributed by atoms with van der Waals surface area (Å²) in [7, 11) is 0. The SMILES string of the molecule is O=CC1=C2c3sccc3C=CN2CC=C1. The second-order valence-electron chi connectivity index (χ2n) is 3.50. The van der Waals surface area contributed by atoms with Crippen LogP contribution in [-0.2, 0) is 4.79 Å². The predicted molar refractivity (Wildman–Crippen MR) is 62.2 cm³/mol. The minimum Gasteiger partial charge on any atom is -0.342 e. The van der Waals surface area contributed by atoms with Crippen molar-refractivity contribution in [2.75, 3.05) is 6.54 Å². The number of nitrogens with zero attached hydrogens (tertiary/aromatic N) is 1. The molecule has 0 atom stereocenters. The van der Waals surface area contributed by atoms with E-state index in [0.29, 0.717) is 0 Å². The number of hydrogen-bond acceptors (Lipinski definition) is 3. The molecule has 3 rings (SSSR count). The monoisotopic (exact) mass is 215 g/mol. The predicted octanol–water partition coefficient (Wildman–Crippen LogP) is 2.51. The Hall–Kier alpha value is -1.61. The molecule has 74 valence electrons. The number of aldehydes is 1. The lowest BCUT2D eigenvalue weighted by Crippen LogP contribution is -2.22. The molecule has 0 unspecified atom stereocenters. The van der Waals surface area contributed by atoms with E-state index >= 15 is 0 Å². The van der Waals surface area contributed by atoms with Gasteiger partial charge in [-0.3, -0.25) is 4.79 Å². The van der Waals surface area contributed by atoms with Crippen molar-refractivity contribution in [3.05, 3.63) is 45.8 Å². The van der Waals surface area contributed by atoms with Crippen LogP contribution in [0.4, 0.5) is 0 Å². The summed E-state index contributed by atoms with van der Waals surface area (Å²) in [5, 5.41) is 2.06. The number of fused-ring (bicyclic) bond motifs is 3. The van der Waals surface area contributed by atoms with Crippen LogP contribution >= 0.6 is 11.3 Å². The average molecular weight is 215 g/mol. The number of hydrogen-bond donors (Lipinski definition) is 0. The topological polar surface area (TPSA) is 20.3 Å². The van der Waals surface area contributed by atoms with E-state index < -0.39 is 0 Å². The van der Waals surface area contributed by atoms with E-state index in [1.165, 1.54) is 10.4 Å². The van der Waals surface area contributed by atoms with Crippen molar-refractivity contribution < 1.29 is 4.79 Å². The van der Waals surface area contributed by atoms with Gasteiger partial charge in [0.25, 0.3) is 0 Å². The van der Waals surface area contributed by atoms with Gasteiger partial charge in [-0.2, -0.15) is 0 Å². The highest BCUT2D eigenvalue weighted by Gasteiger charge is 2.22. The molecule has 0 saturated carbocycles. The van der Waals surface area contributed by atoms with Crippen LogP contribution < -0.4 is 0 Å². The molecule has 1 aromatic rings. The molecule has 0 saturated heterocycles. The third-order valence-electron chi connectivity index (χ3n) is 2.63. The van der Waals surface area contributed by atoms with E-state index in [9.17, 15) is 4.79 Å². The Bertz CT molecular complexity index is 507. The van der Waals surface area contributed by atoms with Gasteiger partial charge >= 0.3 is 0 Å². The Morgan fingerprint density at radius 1 is 1.40 bits per heavy atom. The largest absolute Gasteiger partial charge is 0.342 e. The maximum absolute atomic E-state index is 11.0. The second kappa shape index (κ2) is 3.21. The van der Waals surface area contributed by atoms with Gasteiger partial charge in [-0.05, 0) is 23.1 Å². The molecule has 1 aromatic heterocycles. The Balaban J connectivity index is 2.27. The third kappa shape index (κ3) is 1.20. The summed E-state index contributed by atoms with van der Waals surface area (Å²) < 4.78 is 0. The highest BCUT2D eigenvalue weighted by atomic mass is 32.1. The molecule has 0 amide bonds. The molecule has 2 aliphatic rings. The molecular weight excluding hydrogens is 206 g/mol. The molecule has 3 heteroatoms. The maximum atomic E-state index is 11.0. The Labute approximate surface area is 91.8 Å². The molecule has 0 spiro atoms. The lowest BCUT2D eigenvalue weighted by molar-refractivity contribution is -0.104. The van der Waals surface area contributed by atoms with Gasteiger partial charge in [0.1, 0.15) is 0 Å². The van der Waals surface area contributed by atoms with Crippen LogP contribution in [0.5, 0.6) is 0 Å². The first-order chi connectivity index (χ1) is 7.40. The molecule has 2 aliphatic heterocycles. The zero-order valence-corrected chi connectivity index (χ0v) is 8.83. The van der Waals surface area contributed by atoms with Gasteiger partial charge < -0.3 is 4.90 Å². The number of rotatable bonds is 1. The van der Waals surface area contributed by atoms with Gasteiger partial charge in [0.05, 0.1) is 10.6 Å². The Morgan fingerprint density at radius 2 is 2.33 bits per heavy atom. The minimum absolute atomic E-state index is 0.773. The minimum atomic E-state index is 0.773. The summed E-state index contributed by atoms with van der Waals surface area (Å²) in [5.74, 6) is 0. The first-order valence-corrected chi connectivity index (χ1v) is 5.67. The molecule has 0 N–H and O–H groups in total. The van der Waals surface area contributed by atoms with Crippen LogP contribution in [0.25, 0.3) is 11.8 Å². The van der Waals surface area contributed by atoms with Crippen LogP contribution in [0.15, 0.2) is 35.4 Å². The fourth-order valence-corrected chi connectivity index (χ4v) is 2.90. The molecule has 0 bridgehead atoms. The van der Waals surface area contributed by atoms with Crippen LogP contribution in [0.1, 0.15) is 10.4 Å². The zero-order chi connectivity index (χ0) is 10.3. The quantitative estimate of drug-likeness (QED) is 0.671. The first kappa shape index (κ1) is 8.68. The van der Waals surface area contributed by atoms with Gasteiger partial charge in [0.15, 0.2) is 6.29 Å². The summed E-state index contributed by atoms with van der Waals surface area (Å²) in [6, 6.07) is 2.08. The molecule has 2 nitrogen and oxygen atoms in total. The van der Waals surface area contributed by atoms with Crippen molar-refractivity contribution in [3.63, 3.8) is 0 Å². The van der Waals surface area contributed by atoms with Gasteiger partial charge in [-0.15, -0.1) is 11.3 Å². The second-order valence-corrected chi connectivity index (χ2v) is 4.41. The van der Waals surface area contributed by atoms with E-state index in [1.54, 1.807) is 11.3 Å². The Morgan fingerprint density at radius 3 is 3.20 bits per heavy atom. The van der Waals surface area contributed by atoms with E-state index in [0.717, 1.165) is 24.1 Å². The molecule has 0 radical (unpaired) electrons. The molecule has 0 aliphatic carbocycles. The molecule has 3 heterocycles. The summed E-state index contributed by atoms with van der Waals surface area (Å²) in [6.07, 6.45) is 8.98. The van der Waals surface area contributed by atoms with Gasteiger partial charge in [0, 0.05) is 18.3 Å². The summed E-state index contributed by atoms with van der Waals surface area (Å²) in [5.41, 5.74) is 3.04. The van der Waals surface area contributed by atoms with Crippen molar-refractivity contribution in [2.45, 2.75) is 0 Å². The third-order valence-corrected chi connectivity index (χ3v) is 3.57. The first-order valence-electron chi connectivity index (χ1n) is 4.79. The van der Waals surface area contributed by atoms with Crippen molar-refractivity contribution in [1.29, 1.82) is 0 Å². The van der Waals surface area contributed by atoms with Gasteiger partial charge in [0.2, 0.25) is 0 Å². The van der Waals surface area contributed by atoms with Crippen molar-refractivity contribution >= 4 is 29.4 Å². The molecule has 0 fully saturated rings. The highest BCUT2D eigenvalue weighted by Crippen LogP contribution is 2.36. The van der Waals surface area contributed by atoms with Crippen LogP contribution in [0.2, 0.25) is 0 Å². The number of allylic oxidation sites excluding steroid dienone is 2. The highest BCUT2D eigenvalue weighted by molar-refractivity contribution is 7.11. The summed E-state index contributed by atoms with van der Waals surface area (Å²) in [4.78, 5) is 14.3. The smallest absolute Gasteiger partial charge is 0.152 e. The van der Waals surface area contributed by atoms with Crippen molar-refractivity contribution in [1.82, 2.24) is 4.90 Å². The zero-order valence-electron chi connectivity index (χ0n) is 8.01. The van der Waals surface area contributed by atoms with Gasteiger partial charge in [-0.25, -0.2) is 0 Å². The lowest BCUT2D eigenvalue weighted by atomic mass is 10.0. The van der Waals surface area contributed by atoms with Gasteiger partial charge in [-0.1, -0.05) is 12.2 Å². The van der Waals surface area contributed by atoms with E-state index in [2.05, 4.69) is 22.4 Å². The maximum Gasteiger partial charge on any atom is 0.152 e. The number of carbonyl (C=O) groups is 1. The van der Waals surface area contributed by atoms with Crippen LogP contribution in [0, 0.1) is 0 Å². The average Bonchev–Trinajstić information content (AvgIpc) is 2.76. The van der Waals surface area contributed by atoms with Crippen LogP contribution in [0.3, 0.4) is 0 Å². The number of thiophene rings is 1. The molecule has 15 heavy (non-hydrogen) atoms. The van der Waals surface area contributed by atoms with Crippen molar-refractivity contribution in [2.24, 2.45) is 0 Å². The normalized spacial score (nSPS) is 17.7. The molecule has 0 aromatic carbocycles. The van der Waals surface area contributed by atoms with Crippen LogP contribution in [-0.4, -0.2) is 17.7 Å². The summed E-state index contributed by atoms with van der Waals surface area (Å²) in [6.45, 7) is 0.848. The fourth-order valence-electron chi connectivity index (χ4n) is 1.93. The van der Waals surface area contributed by atoms with E-state index in [-0.39, 0.29) is 0 Å². The van der Waals surface area contributed by atoms with Crippen molar-refractivity contribution in [3.8, 4) is 0 Å². The Kier molecular flexibility index (Phi) is 1.86. The fraction of sp³-hybridized carbons (Fsp3) is 0.0833. The molecular formula is C12H9NOS.